The maximum Gasteiger partial charge on any atom is 0.260 e. The Bertz CT molecular complexity index is 981. The van der Waals surface area contributed by atoms with E-state index in [1.807, 2.05) is 62.4 Å². The summed E-state index contributed by atoms with van der Waals surface area (Å²) in [6, 6.07) is 4.22. The van der Waals surface area contributed by atoms with Crippen LogP contribution in [-0.4, -0.2) is 38.1 Å². The number of nitrogens with one attached hydrogen (secondary N) is 1. The van der Waals surface area contributed by atoms with Crippen molar-refractivity contribution in [1.82, 2.24) is 14.9 Å². The SMILES string of the molecule is CC(C)N(C(=O)[C@@H](C)Sc1nc2scc(-c3cccs3)c2c(=O)[nH]1)C(C)C. The van der Waals surface area contributed by atoms with E-state index in [9.17, 15) is 9.59 Å². The molecule has 0 spiro atoms. The summed E-state index contributed by atoms with van der Waals surface area (Å²) in [5, 5.41) is 4.75. The van der Waals surface area contributed by atoms with Gasteiger partial charge in [0.1, 0.15) is 4.83 Å². The number of rotatable bonds is 6. The third-order valence-corrected chi connectivity index (χ3v) is 6.96. The van der Waals surface area contributed by atoms with Crippen molar-refractivity contribution >= 4 is 50.6 Å². The highest BCUT2D eigenvalue weighted by Gasteiger charge is 2.26. The predicted molar refractivity (Wildman–Crippen MR) is 116 cm³/mol. The lowest BCUT2D eigenvalue weighted by Crippen LogP contribution is -2.45. The van der Waals surface area contributed by atoms with E-state index in [1.165, 1.54) is 23.1 Å². The van der Waals surface area contributed by atoms with Crippen molar-refractivity contribution in [1.29, 1.82) is 0 Å². The lowest BCUT2D eigenvalue weighted by atomic mass is 10.2. The summed E-state index contributed by atoms with van der Waals surface area (Å²) in [7, 11) is 0. The number of aromatic nitrogens is 2. The van der Waals surface area contributed by atoms with Gasteiger partial charge < -0.3 is 9.88 Å². The van der Waals surface area contributed by atoms with Gasteiger partial charge in [0, 0.05) is 27.9 Å². The van der Waals surface area contributed by atoms with Gasteiger partial charge in [-0.2, -0.15) is 0 Å². The highest BCUT2D eigenvalue weighted by molar-refractivity contribution is 8.00. The van der Waals surface area contributed by atoms with E-state index in [0.717, 1.165) is 10.4 Å². The zero-order chi connectivity index (χ0) is 19.7. The number of carbonyl (C=O) groups excluding carboxylic acids is 1. The van der Waals surface area contributed by atoms with Crippen LogP contribution in [0, 0.1) is 0 Å². The van der Waals surface area contributed by atoms with E-state index in [1.54, 1.807) is 11.3 Å². The number of aromatic amines is 1. The molecular formula is C19H23N3O2S3. The quantitative estimate of drug-likeness (QED) is 0.457. The molecule has 1 N–H and O–H groups in total. The molecule has 1 atom stereocenters. The summed E-state index contributed by atoms with van der Waals surface area (Å²) in [6.45, 7) is 9.91. The van der Waals surface area contributed by atoms with Crippen molar-refractivity contribution in [2.45, 2.75) is 57.1 Å². The van der Waals surface area contributed by atoms with Gasteiger partial charge in [-0.25, -0.2) is 4.98 Å². The van der Waals surface area contributed by atoms with E-state index in [-0.39, 0.29) is 28.8 Å². The van der Waals surface area contributed by atoms with Crippen LogP contribution < -0.4 is 5.56 Å². The number of amides is 1. The standard InChI is InChI=1S/C19H23N3O2S3/c1-10(2)22(11(3)4)18(24)12(5)27-19-20-16(23)15-13(9-26-17(15)21-19)14-7-6-8-25-14/h6-12H,1-5H3,(H,20,21,23)/t12-/m1/s1. The van der Waals surface area contributed by atoms with E-state index in [2.05, 4.69) is 9.97 Å². The number of thiophene rings is 2. The van der Waals surface area contributed by atoms with Gasteiger partial charge in [0.2, 0.25) is 5.91 Å². The minimum atomic E-state index is -0.327. The van der Waals surface area contributed by atoms with Gasteiger partial charge in [-0.3, -0.25) is 9.59 Å². The first kappa shape index (κ1) is 20.1. The van der Waals surface area contributed by atoms with E-state index < -0.39 is 0 Å². The van der Waals surface area contributed by atoms with Gasteiger partial charge in [0.25, 0.3) is 5.56 Å². The van der Waals surface area contributed by atoms with Crippen LogP contribution in [0.4, 0.5) is 0 Å². The Morgan fingerprint density at radius 1 is 1.19 bits per heavy atom. The molecule has 144 valence electrons. The maximum absolute atomic E-state index is 12.8. The number of hydrogen-bond acceptors (Lipinski definition) is 6. The fourth-order valence-electron chi connectivity index (χ4n) is 3.13. The minimum Gasteiger partial charge on any atom is -0.337 e. The Kier molecular flexibility index (Phi) is 6.08. The number of hydrogen-bond donors (Lipinski definition) is 1. The smallest absolute Gasteiger partial charge is 0.260 e. The van der Waals surface area contributed by atoms with Gasteiger partial charge in [-0.05, 0) is 46.1 Å². The van der Waals surface area contributed by atoms with E-state index in [0.29, 0.717) is 15.4 Å². The third kappa shape index (κ3) is 4.12. The van der Waals surface area contributed by atoms with Crippen molar-refractivity contribution in [3.8, 4) is 10.4 Å². The Morgan fingerprint density at radius 2 is 1.89 bits per heavy atom. The Hall–Kier alpha value is -1.64. The van der Waals surface area contributed by atoms with Gasteiger partial charge in [0.05, 0.1) is 10.6 Å². The van der Waals surface area contributed by atoms with Gasteiger partial charge >= 0.3 is 0 Å². The first-order valence-corrected chi connectivity index (χ1v) is 11.5. The highest BCUT2D eigenvalue weighted by atomic mass is 32.2. The van der Waals surface area contributed by atoms with Gasteiger partial charge in [-0.1, -0.05) is 17.8 Å². The normalized spacial score (nSPS) is 12.9. The van der Waals surface area contributed by atoms with E-state index >= 15 is 0 Å². The van der Waals surface area contributed by atoms with Crippen LogP contribution in [0.25, 0.3) is 20.7 Å². The molecule has 0 unspecified atom stereocenters. The zero-order valence-corrected chi connectivity index (χ0v) is 18.4. The Balaban J connectivity index is 1.88. The van der Waals surface area contributed by atoms with Crippen LogP contribution >= 0.6 is 34.4 Å². The molecule has 0 aliphatic heterocycles. The van der Waals surface area contributed by atoms with E-state index in [4.69, 9.17) is 0 Å². The molecule has 0 aliphatic rings. The fraction of sp³-hybridized carbons (Fsp3) is 0.421. The molecule has 0 aromatic carbocycles. The second kappa shape index (κ2) is 8.16. The molecule has 3 aromatic heterocycles. The summed E-state index contributed by atoms with van der Waals surface area (Å²) in [6.07, 6.45) is 0. The summed E-state index contributed by atoms with van der Waals surface area (Å²) in [5.41, 5.74) is 0.765. The average molecular weight is 422 g/mol. The molecule has 5 nitrogen and oxygen atoms in total. The molecule has 0 saturated carbocycles. The van der Waals surface area contributed by atoms with Gasteiger partial charge in [-0.15, -0.1) is 22.7 Å². The molecule has 8 heteroatoms. The summed E-state index contributed by atoms with van der Waals surface area (Å²) >= 11 is 4.36. The van der Waals surface area contributed by atoms with Crippen molar-refractivity contribution < 1.29 is 4.79 Å². The molecule has 3 rings (SSSR count). The summed E-state index contributed by atoms with van der Waals surface area (Å²) in [4.78, 5) is 36.6. The van der Waals surface area contributed by atoms with Gasteiger partial charge in [0.15, 0.2) is 5.16 Å². The second-order valence-corrected chi connectivity index (χ2v) is 10.0. The molecule has 3 heterocycles. The number of nitrogens with zero attached hydrogens (tertiary/aromatic N) is 2. The third-order valence-electron chi connectivity index (χ3n) is 4.21. The van der Waals surface area contributed by atoms with Crippen LogP contribution in [0.1, 0.15) is 34.6 Å². The predicted octanol–water partition coefficient (Wildman–Crippen LogP) is 4.84. The lowest BCUT2D eigenvalue weighted by Gasteiger charge is -2.32. The number of fused-ring (bicyclic) bond motifs is 1. The van der Waals surface area contributed by atoms with Crippen LogP contribution in [-0.2, 0) is 4.79 Å². The number of H-pyrrole nitrogens is 1. The molecule has 1 amide bonds. The average Bonchev–Trinajstić information content (AvgIpc) is 3.22. The van der Waals surface area contributed by atoms with Crippen molar-refractivity contribution in [2.75, 3.05) is 0 Å². The minimum absolute atomic E-state index is 0.0539. The molecule has 0 saturated heterocycles. The highest BCUT2D eigenvalue weighted by Crippen LogP contribution is 2.34. The molecular weight excluding hydrogens is 398 g/mol. The molecule has 0 radical (unpaired) electrons. The first-order valence-electron chi connectivity index (χ1n) is 8.83. The summed E-state index contributed by atoms with van der Waals surface area (Å²) < 4.78 is 0. The van der Waals surface area contributed by atoms with Crippen LogP contribution in [0.3, 0.4) is 0 Å². The topological polar surface area (TPSA) is 66.1 Å². The van der Waals surface area contributed by atoms with Crippen molar-refractivity contribution in [3.63, 3.8) is 0 Å². The monoisotopic (exact) mass is 421 g/mol. The lowest BCUT2D eigenvalue weighted by molar-refractivity contribution is -0.133. The first-order chi connectivity index (χ1) is 12.8. The largest absolute Gasteiger partial charge is 0.337 e. The molecule has 3 aromatic rings. The maximum atomic E-state index is 12.8. The molecule has 0 fully saturated rings. The van der Waals surface area contributed by atoms with Crippen LogP contribution in [0.2, 0.25) is 0 Å². The zero-order valence-electron chi connectivity index (χ0n) is 16.0. The van der Waals surface area contributed by atoms with Crippen molar-refractivity contribution in [2.24, 2.45) is 0 Å². The van der Waals surface area contributed by atoms with Crippen molar-refractivity contribution in [3.05, 3.63) is 33.2 Å². The number of thioether (sulfide) groups is 1. The summed E-state index contributed by atoms with van der Waals surface area (Å²) in [5.74, 6) is 0.0539. The Morgan fingerprint density at radius 3 is 2.48 bits per heavy atom. The Labute approximate surface area is 170 Å². The van der Waals surface area contributed by atoms with Crippen LogP contribution in [0.5, 0.6) is 0 Å². The molecule has 0 aliphatic carbocycles. The molecule has 27 heavy (non-hydrogen) atoms. The number of carbonyl (C=O) groups is 1. The molecule has 0 bridgehead atoms. The second-order valence-electron chi connectivity index (χ2n) is 6.87. The van der Waals surface area contributed by atoms with Crippen LogP contribution in [0.15, 0.2) is 32.8 Å². The fourth-order valence-corrected chi connectivity index (χ4v) is 5.80.